The summed E-state index contributed by atoms with van der Waals surface area (Å²) in [5.41, 5.74) is 3.41. The average Bonchev–Trinajstić information content (AvgIpc) is 2.86. The highest BCUT2D eigenvalue weighted by molar-refractivity contribution is 5.40. The van der Waals surface area contributed by atoms with Gasteiger partial charge in [-0.05, 0) is 25.1 Å². The molecule has 0 radical (unpaired) electrons. The summed E-state index contributed by atoms with van der Waals surface area (Å²) < 4.78 is 7.45. The van der Waals surface area contributed by atoms with Crippen LogP contribution in [0.5, 0.6) is 5.75 Å². The third-order valence-electron chi connectivity index (χ3n) is 3.48. The molecule has 1 heterocycles. The van der Waals surface area contributed by atoms with Crippen LogP contribution in [0.25, 0.3) is 0 Å². The molecule has 4 nitrogen and oxygen atoms in total. The van der Waals surface area contributed by atoms with Crippen molar-refractivity contribution in [2.24, 2.45) is 7.05 Å². The van der Waals surface area contributed by atoms with Crippen molar-refractivity contribution >= 4 is 0 Å². The number of aromatic nitrogens is 2. The van der Waals surface area contributed by atoms with E-state index in [1.165, 1.54) is 0 Å². The van der Waals surface area contributed by atoms with Crippen molar-refractivity contribution in [2.45, 2.75) is 26.3 Å². The highest BCUT2D eigenvalue weighted by Crippen LogP contribution is 2.30. The number of rotatable bonds is 6. The normalized spacial score (nSPS) is 12.4. The van der Waals surface area contributed by atoms with E-state index in [9.17, 15) is 0 Å². The molecule has 0 fully saturated rings. The second-order valence-electron chi connectivity index (χ2n) is 4.77. The van der Waals surface area contributed by atoms with Crippen LogP contribution in [0.3, 0.4) is 0 Å². The Bertz CT molecular complexity index is 563. The minimum Gasteiger partial charge on any atom is -0.496 e. The Balaban J connectivity index is 2.47. The summed E-state index contributed by atoms with van der Waals surface area (Å²) in [5, 5.41) is 8.08. The van der Waals surface area contributed by atoms with Crippen molar-refractivity contribution in [2.75, 3.05) is 13.7 Å². The molecule has 0 amide bonds. The first-order valence-electron chi connectivity index (χ1n) is 7.10. The predicted molar refractivity (Wildman–Crippen MR) is 81.1 cm³/mol. The number of methoxy groups -OCH3 is 1. The number of nitrogens with one attached hydrogen (secondary N) is 1. The van der Waals surface area contributed by atoms with E-state index in [1.807, 2.05) is 29.9 Å². The summed E-state index contributed by atoms with van der Waals surface area (Å²) in [4.78, 5) is 0. The smallest absolute Gasteiger partial charge is 0.124 e. The van der Waals surface area contributed by atoms with Crippen LogP contribution < -0.4 is 10.1 Å². The Morgan fingerprint density at radius 1 is 1.30 bits per heavy atom. The van der Waals surface area contributed by atoms with Crippen LogP contribution in [-0.2, 0) is 13.5 Å². The first-order chi connectivity index (χ1) is 9.71. The zero-order chi connectivity index (χ0) is 14.5. The van der Waals surface area contributed by atoms with Gasteiger partial charge in [0.2, 0.25) is 0 Å². The van der Waals surface area contributed by atoms with Crippen LogP contribution in [-0.4, -0.2) is 23.4 Å². The lowest BCUT2D eigenvalue weighted by Gasteiger charge is -2.20. The monoisotopic (exact) mass is 273 g/mol. The van der Waals surface area contributed by atoms with Crippen molar-refractivity contribution in [3.63, 3.8) is 0 Å². The van der Waals surface area contributed by atoms with E-state index in [1.54, 1.807) is 7.11 Å². The number of hydrogen-bond donors (Lipinski definition) is 1. The molecule has 20 heavy (non-hydrogen) atoms. The summed E-state index contributed by atoms with van der Waals surface area (Å²) in [6.07, 6.45) is 0.943. The third kappa shape index (κ3) is 2.85. The fourth-order valence-corrected chi connectivity index (χ4v) is 2.47. The van der Waals surface area contributed by atoms with Gasteiger partial charge in [0.05, 0.1) is 24.5 Å². The summed E-state index contributed by atoms with van der Waals surface area (Å²) in [6, 6.07) is 10.4. The molecule has 4 heteroatoms. The van der Waals surface area contributed by atoms with Crippen molar-refractivity contribution in [3.8, 4) is 5.75 Å². The number of aryl methyl sites for hydroxylation is 2. The van der Waals surface area contributed by atoms with Gasteiger partial charge in [0.25, 0.3) is 0 Å². The van der Waals surface area contributed by atoms with Gasteiger partial charge in [-0.2, -0.15) is 5.10 Å². The van der Waals surface area contributed by atoms with Crippen molar-refractivity contribution in [1.82, 2.24) is 15.1 Å². The van der Waals surface area contributed by atoms with E-state index < -0.39 is 0 Å². The summed E-state index contributed by atoms with van der Waals surface area (Å²) >= 11 is 0. The second kappa shape index (κ2) is 6.57. The molecule has 1 N–H and O–H groups in total. The van der Waals surface area contributed by atoms with Gasteiger partial charge in [-0.25, -0.2) is 0 Å². The lowest BCUT2D eigenvalue weighted by Crippen LogP contribution is -2.24. The Labute approximate surface area is 120 Å². The predicted octanol–water partition coefficient (Wildman–Crippen LogP) is 2.69. The molecule has 0 aliphatic heterocycles. The summed E-state index contributed by atoms with van der Waals surface area (Å²) in [6.45, 7) is 5.12. The molecule has 0 aliphatic carbocycles. The lowest BCUT2D eigenvalue weighted by atomic mass is 10.0. The zero-order valence-electron chi connectivity index (χ0n) is 12.7. The standard InChI is InChI=1S/C16H23N3O/c1-5-12-11-14(19(3)18-12)16(17-6-2)13-9-7-8-10-15(13)20-4/h7-11,16-17H,5-6H2,1-4H3. The number of hydrogen-bond acceptors (Lipinski definition) is 3. The zero-order valence-corrected chi connectivity index (χ0v) is 12.7. The van der Waals surface area contributed by atoms with Crippen LogP contribution >= 0.6 is 0 Å². The van der Waals surface area contributed by atoms with Crippen molar-refractivity contribution in [3.05, 3.63) is 47.3 Å². The molecule has 2 rings (SSSR count). The first kappa shape index (κ1) is 14.6. The first-order valence-corrected chi connectivity index (χ1v) is 7.10. The molecular formula is C16H23N3O. The highest BCUT2D eigenvalue weighted by Gasteiger charge is 2.20. The third-order valence-corrected chi connectivity index (χ3v) is 3.48. The van der Waals surface area contributed by atoms with Crippen molar-refractivity contribution in [1.29, 1.82) is 0 Å². The lowest BCUT2D eigenvalue weighted by molar-refractivity contribution is 0.403. The van der Waals surface area contributed by atoms with Crippen LogP contribution in [0, 0.1) is 0 Å². The van der Waals surface area contributed by atoms with Gasteiger partial charge in [0, 0.05) is 12.6 Å². The molecule has 108 valence electrons. The summed E-state index contributed by atoms with van der Waals surface area (Å²) in [5.74, 6) is 0.901. The minimum absolute atomic E-state index is 0.0916. The largest absolute Gasteiger partial charge is 0.496 e. The molecule has 0 saturated carbocycles. The van der Waals surface area contributed by atoms with Gasteiger partial charge in [-0.3, -0.25) is 4.68 Å². The van der Waals surface area contributed by atoms with Crippen molar-refractivity contribution < 1.29 is 4.74 Å². The van der Waals surface area contributed by atoms with E-state index in [4.69, 9.17) is 4.74 Å². The van der Waals surface area contributed by atoms with Gasteiger partial charge in [-0.15, -0.1) is 0 Å². The maximum absolute atomic E-state index is 5.50. The van der Waals surface area contributed by atoms with Gasteiger partial charge >= 0.3 is 0 Å². The highest BCUT2D eigenvalue weighted by atomic mass is 16.5. The fraction of sp³-hybridized carbons (Fsp3) is 0.438. The number of nitrogens with zero attached hydrogens (tertiary/aromatic N) is 2. The summed E-state index contributed by atoms with van der Waals surface area (Å²) in [7, 11) is 3.71. The molecule has 1 unspecified atom stereocenters. The SMILES string of the molecule is CCNC(c1ccccc1OC)c1cc(CC)nn1C. The van der Waals surface area contributed by atoms with Gasteiger partial charge in [0.1, 0.15) is 5.75 Å². The fourth-order valence-electron chi connectivity index (χ4n) is 2.47. The molecule has 0 bridgehead atoms. The molecule has 2 aromatic rings. The van der Waals surface area contributed by atoms with Crippen LogP contribution in [0.4, 0.5) is 0 Å². The van der Waals surface area contributed by atoms with Crippen LogP contribution in [0.15, 0.2) is 30.3 Å². The van der Waals surface area contributed by atoms with E-state index in [0.29, 0.717) is 0 Å². The van der Waals surface area contributed by atoms with E-state index in [-0.39, 0.29) is 6.04 Å². The van der Waals surface area contributed by atoms with Gasteiger partial charge in [0.15, 0.2) is 0 Å². The Hall–Kier alpha value is -1.81. The van der Waals surface area contributed by atoms with Crippen LogP contribution in [0.1, 0.15) is 36.8 Å². The Morgan fingerprint density at radius 3 is 2.65 bits per heavy atom. The molecule has 0 saturated heterocycles. The second-order valence-corrected chi connectivity index (χ2v) is 4.77. The average molecular weight is 273 g/mol. The minimum atomic E-state index is 0.0916. The van der Waals surface area contributed by atoms with Gasteiger partial charge in [-0.1, -0.05) is 32.0 Å². The maximum Gasteiger partial charge on any atom is 0.124 e. The Kier molecular flexibility index (Phi) is 4.79. The molecule has 0 spiro atoms. The van der Waals surface area contributed by atoms with E-state index in [0.717, 1.165) is 35.7 Å². The van der Waals surface area contributed by atoms with Crippen LogP contribution in [0.2, 0.25) is 0 Å². The number of benzene rings is 1. The molecule has 1 aromatic carbocycles. The molecular weight excluding hydrogens is 250 g/mol. The van der Waals surface area contributed by atoms with E-state index in [2.05, 4.69) is 36.4 Å². The Morgan fingerprint density at radius 2 is 2.05 bits per heavy atom. The number of para-hydroxylation sites is 1. The topological polar surface area (TPSA) is 39.1 Å². The maximum atomic E-state index is 5.50. The van der Waals surface area contributed by atoms with E-state index >= 15 is 0 Å². The molecule has 1 atom stereocenters. The number of ether oxygens (including phenoxy) is 1. The molecule has 1 aromatic heterocycles. The molecule has 0 aliphatic rings. The quantitative estimate of drug-likeness (QED) is 0.879. The van der Waals surface area contributed by atoms with Gasteiger partial charge < -0.3 is 10.1 Å².